The van der Waals surface area contributed by atoms with E-state index in [1.165, 1.54) is 6.07 Å². The lowest BCUT2D eigenvalue weighted by Crippen LogP contribution is -2.30. The first-order valence-corrected chi connectivity index (χ1v) is 6.66. The first kappa shape index (κ1) is 14.0. The molecule has 1 atom stereocenters. The molecule has 0 saturated carbocycles. The molecule has 0 aliphatic carbocycles. The number of anilines is 1. The molecule has 0 aliphatic heterocycles. The van der Waals surface area contributed by atoms with E-state index < -0.39 is 0 Å². The molecule has 0 bridgehead atoms. The molecule has 1 unspecified atom stereocenters. The maximum absolute atomic E-state index is 13.5. The van der Waals surface area contributed by atoms with Gasteiger partial charge in [-0.25, -0.2) is 4.39 Å². The highest BCUT2D eigenvalue weighted by Gasteiger charge is 2.15. The van der Waals surface area contributed by atoms with Gasteiger partial charge in [-0.05, 0) is 45.6 Å². The van der Waals surface area contributed by atoms with Gasteiger partial charge in [0.25, 0.3) is 0 Å². The van der Waals surface area contributed by atoms with E-state index >= 15 is 0 Å². The first-order valence-electron chi connectivity index (χ1n) is 5.87. The Hall–Kier alpha value is -1.43. The van der Waals surface area contributed by atoms with E-state index in [-0.39, 0.29) is 11.9 Å². The van der Waals surface area contributed by atoms with Crippen LogP contribution in [0.4, 0.5) is 10.1 Å². The smallest absolute Gasteiger partial charge is 0.137 e. The van der Waals surface area contributed by atoms with Crippen LogP contribution in [0.25, 0.3) is 0 Å². The predicted octanol–water partition coefficient (Wildman–Crippen LogP) is 2.92. The molecule has 3 nitrogen and oxygen atoms in total. The van der Waals surface area contributed by atoms with Crippen molar-refractivity contribution < 1.29 is 4.39 Å². The van der Waals surface area contributed by atoms with Gasteiger partial charge < -0.3 is 5.73 Å². The number of hydrogen-bond acceptors (Lipinski definition) is 3. The Kier molecular flexibility index (Phi) is 4.52. The topological polar surface area (TPSA) is 64.1 Å². The zero-order valence-electron chi connectivity index (χ0n) is 10.2. The zero-order valence-corrected chi connectivity index (χ0v) is 11.8. The summed E-state index contributed by atoms with van der Waals surface area (Å²) >= 11 is 3.25. The highest BCUT2D eigenvalue weighted by molar-refractivity contribution is 9.10. The first-order chi connectivity index (χ1) is 9.13. The second kappa shape index (κ2) is 6.14. The number of hydrogen-bond donors (Lipinski definition) is 3. The largest absolute Gasteiger partial charge is 0.398 e. The van der Waals surface area contributed by atoms with E-state index in [1.54, 1.807) is 6.07 Å². The Morgan fingerprint density at radius 2 is 1.89 bits per heavy atom. The zero-order chi connectivity index (χ0) is 13.8. The number of rotatable bonds is 4. The van der Waals surface area contributed by atoms with Crippen molar-refractivity contribution in [3.05, 3.63) is 63.9 Å². The van der Waals surface area contributed by atoms with Crippen molar-refractivity contribution in [2.45, 2.75) is 12.5 Å². The van der Waals surface area contributed by atoms with Gasteiger partial charge in [0.1, 0.15) is 5.82 Å². The van der Waals surface area contributed by atoms with Gasteiger partial charge in [0.15, 0.2) is 0 Å². The Morgan fingerprint density at radius 1 is 1.16 bits per heavy atom. The third kappa shape index (κ3) is 3.12. The number of nitrogens with one attached hydrogen (secondary N) is 1. The minimum atomic E-state index is -0.283. The van der Waals surface area contributed by atoms with E-state index in [0.717, 1.165) is 11.1 Å². The van der Waals surface area contributed by atoms with Crippen molar-refractivity contribution in [2.75, 3.05) is 5.73 Å². The van der Waals surface area contributed by atoms with Crippen molar-refractivity contribution in [2.24, 2.45) is 5.84 Å². The summed E-state index contributed by atoms with van der Waals surface area (Å²) in [5, 5.41) is 0. The van der Waals surface area contributed by atoms with Crippen LogP contribution in [0.3, 0.4) is 0 Å². The third-order valence-corrected chi connectivity index (χ3v) is 3.92. The fourth-order valence-electron chi connectivity index (χ4n) is 2.01. The minimum absolute atomic E-state index is 0.167. The van der Waals surface area contributed by atoms with Gasteiger partial charge in [-0.15, -0.1) is 0 Å². The van der Waals surface area contributed by atoms with Crippen molar-refractivity contribution in [1.29, 1.82) is 0 Å². The van der Waals surface area contributed by atoms with Crippen molar-refractivity contribution in [3.8, 4) is 0 Å². The van der Waals surface area contributed by atoms with Crippen LogP contribution >= 0.6 is 15.9 Å². The number of nitrogens with two attached hydrogens (primary N) is 2. The Labute approximate surface area is 119 Å². The number of nitrogen functional groups attached to an aromatic ring is 1. The maximum Gasteiger partial charge on any atom is 0.137 e. The SMILES string of the molecule is NNC(Cc1cccc(F)c1Br)c1ccccc1N. The van der Waals surface area contributed by atoms with Gasteiger partial charge >= 0.3 is 0 Å². The summed E-state index contributed by atoms with van der Waals surface area (Å²) in [6, 6.07) is 12.3. The molecule has 2 rings (SSSR count). The second-order valence-electron chi connectivity index (χ2n) is 4.27. The summed E-state index contributed by atoms with van der Waals surface area (Å²) in [6.07, 6.45) is 0.545. The molecule has 2 aromatic carbocycles. The van der Waals surface area contributed by atoms with Crippen LogP contribution < -0.4 is 17.0 Å². The summed E-state index contributed by atoms with van der Waals surface area (Å²) in [4.78, 5) is 0. The molecule has 0 amide bonds. The minimum Gasteiger partial charge on any atom is -0.398 e. The number of benzene rings is 2. The van der Waals surface area contributed by atoms with E-state index in [2.05, 4.69) is 21.4 Å². The van der Waals surface area contributed by atoms with Crippen molar-refractivity contribution in [3.63, 3.8) is 0 Å². The molecule has 0 radical (unpaired) electrons. The van der Waals surface area contributed by atoms with Crippen molar-refractivity contribution >= 4 is 21.6 Å². The van der Waals surface area contributed by atoms with Gasteiger partial charge in [-0.2, -0.15) is 0 Å². The standard InChI is InChI=1S/C14H15BrFN3/c15-14-9(4-3-6-11(14)16)8-13(19-18)10-5-1-2-7-12(10)17/h1-7,13,19H,8,17-18H2. The van der Waals surface area contributed by atoms with Crippen LogP contribution in [0, 0.1) is 5.82 Å². The molecule has 0 aliphatic rings. The van der Waals surface area contributed by atoms with Gasteiger partial charge in [0.2, 0.25) is 0 Å². The average molecular weight is 324 g/mol. The van der Waals surface area contributed by atoms with Crippen LogP contribution in [0.2, 0.25) is 0 Å². The second-order valence-corrected chi connectivity index (χ2v) is 5.06. The Balaban J connectivity index is 2.30. The normalized spacial score (nSPS) is 12.4. The van der Waals surface area contributed by atoms with Crippen LogP contribution in [-0.2, 0) is 6.42 Å². The van der Waals surface area contributed by atoms with Gasteiger partial charge in [-0.1, -0.05) is 30.3 Å². The third-order valence-electron chi connectivity index (χ3n) is 3.03. The average Bonchev–Trinajstić information content (AvgIpc) is 2.41. The van der Waals surface area contributed by atoms with Crippen molar-refractivity contribution in [1.82, 2.24) is 5.43 Å². The summed E-state index contributed by atoms with van der Waals surface area (Å²) in [7, 11) is 0. The van der Waals surface area contributed by atoms with E-state index in [9.17, 15) is 4.39 Å². The molecule has 5 N–H and O–H groups in total. The molecule has 2 aromatic rings. The molecule has 0 spiro atoms. The van der Waals surface area contributed by atoms with Crippen LogP contribution in [0.15, 0.2) is 46.9 Å². The highest BCUT2D eigenvalue weighted by atomic mass is 79.9. The van der Waals surface area contributed by atoms with Gasteiger partial charge in [-0.3, -0.25) is 11.3 Å². The molecular formula is C14H15BrFN3. The molecule has 5 heteroatoms. The quantitative estimate of drug-likeness (QED) is 0.460. The molecule has 0 saturated heterocycles. The fraction of sp³-hybridized carbons (Fsp3) is 0.143. The lowest BCUT2D eigenvalue weighted by Gasteiger charge is -2.19. The molecule has 100 valence electrons. The lowest BCUT2D eigenvalue weighted by molar-refractivity contribution is 0.548. The summed E-state index contributed by atoms with van der Waals surface area (Å²) in [6.45, 7) is 0. The number of halogens is 2. The van der Waals surface area contributed by atoms with E-state index in [4.69, 9.17) is 11.6 Å². The molecular weight excluding hydrogens is 309 g/mol. The highest BCUT2D eigenvalue weighted by Crippen LogP contribution is 2.27. The molecule has 0 aromatic heterocycles. The Bertz CT molecular complexity index is 574. The van der Waals surface area contributed by atoms with Gasteiger partial charge in [0.05, 0.1) is 10.5 Å². The maximum atomic E-state index is 13.5. The van der Waals surface area contributed by atoms with Gasteiger partial charge in [0, 0.05) is 5.69 Å². The lowest BCUT2D eigenvalue weighted by atomic mass is 9.98. The van der Waals surface area contributed by atoms with E-state index in [1.807, 2.05) is 30.3 Å². The van der Waals surface area contributed by atoms with E-state index in [0.29, 0.717) is 16.6 Å². The van der Waals surface area contributed by atoms with Crippen LogP contribution in [0.5, 0.6) is 0 Å². The number of para-hydroxylation sites is 1. The summed E-state index contributed by atoms with van der Waals surface area (Å²) in [5.74, 6) is 5.31. The predicted molar refractivity (Wildman–Crippen MR) is 78.7 cm³/mol. The fourth-order valence-corrected chi connectivity index (χ4v) is 2.44. The Morgan fingerprint density at radius 3 is 2.58 bits per heavy atom. The number of hydrazine groups is 1. The molecule has 0 fully saturated rings. The van der Waals surface area contributed by atoms with Crippen LogP contribution in [0.1, 0.15) is 17.2 Å². The summed E-state index contributed by atoms with van der Waals surface area (Å²) < 4.78 is 14.0. The molecule has 0 heterocycles. The van der Waals surface area contributed by atoms with Crippen LogP contribution in [-0.4, -0.2) is 0 Å². The molecule has 19 heavy (non-hydrogen) atoms. The summed E-state index contributed by atoms with van der Waals surface area (Å²) in [5.41, 5.74) is 11.1. The monoisotopic (exact) mass is 323 g/mol.